The summed E-state index contributed by atoms with van der Waals surface area (Å²) in [5.74, 6) is 1.39. The van der Waals surface area contributed by atoms with Crippen LogP contribution in [0.4, 0.5) is 0 Å². The molecule has 1 fully saturated rings. The number of imidazole rings is 1. The van der Waals surface area contributed by atoms with E-state index < -0.39 is 0 Å². The second-order valence-electron chi connectivity index (χ2n) is 7.46. The first kappa shape index (κ1) is 17.8. The third-order valence-electron chi connectivity index (χ3n) is 5.68. The number of aromatic amines is 3. The number of rotatable bonds is 5. The quantitative estimate of drug-likeness (QED) is 0.485. The smallest absolute Gasteiger partial charge is 0.325 e. The highest BCUT2D eigenvalue weighted by atomic mass is 16.5. The Morgan fingerprint density at radius 3 is 2.59 bits per heavy atom. The summed E-state index contributed by atoms with van der Waals surface area (Å²) in [4.78, 5) is 26.3. The average Bonchev–Trinajstić information content (AvgIpc) is 3.42. The second kappa shape index (κ2) is 7.63. The van der Waals surface area contributed by atoms with E-state index in [0.717, 1.165) is 72.5 Å². The van der Waals surface area contributed by atoms with Crippen LogP contribution in [0.15, 0.2) is 41.6 Å². The molecule has 0 aliphatic carbocycles. The number of nitrogens with zero attached hydrogens (tertiary/aromatic N) is 3. The monoisotopic (exact) mass is 390 g/mol. The number of hydrogen-bond acceptors (Lipinski definition) is 5. The van der Waals surface area contributed by atoms with Gasteiger partial charge in [-0.2, -0.15) is 5.10 Å². The summed E-state index contributed by atoms with van der Waals surface area (Å²) in [6, 6.07) is 8.15. The fourth-order valence-electron chi connectivity index (χ4n) is 4.08. The van der Waals surface area contributed by atoms with Crippen molar-refractivity contribution in [3.63, 3.8) is 0 Å². The minimum absolute atomic E-state index is 0.224. The first-order valence-corrected chi connectivity index (χ1v) is 9.92. The Morgan fingerprint density at radius 2 is 1.83 bits per heavy atom. The van der Waals surface area contributed by atoms with Crippen LogP contribution in [0.3, 0.4) is 0 Å². The van der Waals surface area contributed by atoms with Crippen LogP contribution in [0.25, 0.3) is 33.7 Å². The lowest BCUT2D eigenvalue weighted by Gasteiger charge is -2.22. The molecule has 1 saturated heterocycles. The van der Waals surface area contributed by atoms with Crippen molar-refractivity contribution in [2.75, 3.05) is 13.2 Å². The van der Waals surface area contributed by atoms with Gasteiger partial charge in [0.05, 0.1) is 5.52 Å². The zero-order valence-electron chi connectivity index (χ0n) is 15.9. The molecular formula is C21H22N6O2. The number of ether oxygens (including phenoxy) is 1. The Labute approximate surface area is 166 Å². The van der Waals surface area contributed by atoms with Crippen LogP contribution < -0.4 is 5.69 Å². The third kappa shape index (κ3) is 3.58. The van der Waals surface area contributed by atoms with Crippen LogP contribution in [0.5, 0.6) is 0 Å². The normalized spacial score (nSPS) is 15.2. The first-order chi connectivity index (χ1) is 14.3. The molecule has 3 aromatic heterocycles. The van der Waals surface area contributed by atoms with E-state index in [1.54, 1.807) is 0 Å². The number of nitrogens with one attached hydrogen (secondary N) is 3. The van der Waals surface area contributed by atoms with E-state index in [1.807, 2.05) is 18.3 Å². The molecule has 4 heterocycles. The highest BCUT2D eigenvalue weighted by Gasteiger charge is 2.18. The highest BCUT2D eigenvalue weighted by molar-refractivity contribution is 5.83. The molecule has 1 aromatic carbocycles. The molecule has 0 spiro atoms. The van der Waals surface area contributed by atoms with Crippen molar-refractivity contribution < 1.29 is 4.74 Å². The Hall–Kier alpha value is -3.26. The van der Waals surface area contributed by atoms with Crippen molar-refractivity contribution in [2.45, 2.75) is 25.7 Å². The number of benzene rings is 1. The van der Waals surface area contributed by atoms with Gasteiger partial charge >= 0.3 is 5.69 Å². The van der Waals surface area contributed by atoms with Gasteiger partial charge in [0.1, 0.15) is 6.33 Å². The van der Waals surface area contributed by atoms with Gasteiger partial charge in [0.25, 0.3) is 0 Å². The molecule has 0 unspecified atom stereocenters. The molecule has 148 valence electrons. The molecule has 29 heavy (non-hydrogen) atoms. The van der Waals surface area contributed by atoms with Crippen molar-refractivity contribution in [3.8, 4) is 22.5 Å². The molecule has 8 heteroatoms. The SMILES string of the molecule is O=c1[nH]c2ncc(-c3ccc(-c4ncn[nH]4)cc3)c(CCC3CCOCC3)c2[nH]1. The molecule has 0 amide bonds. The molecule has 0 saturated carbocycles. The van der Waals surface area contributed by atoms with Gasteiger partial charge in [0.15, 0.2) is 11.5 Å². The standard InChI is InChI=1S/C21H22N6O2/c28-21-25-18-16(6-1-13-7-9-29-10-8-13)17(11-22-20(18)26-21)14-2-4-15(5-3-14)19-23-12-24-27-19/h2-5,11-13H,1,6-10H2,(H,23,24,27)(H2,22,25,26,28). The molecule has 1 aliphatic heterocycles. The van der Waals surface area contributed by atoms with Gasteiger partial charge in [-0.1, -0.05) is 24.3 Å². The van der Waals surface area contributed by atoms with Gasteiger partial charge < -0.3 is 9.72 Å². The van der Waals surface area contributed by atoms with E-state index >= 15 is 0 Å². The molecule has 3 N–H and O–H groups in total. The maximum absolute atomic E-state index is 11.9. The zero-order valence-corrected chi connectivity index (χ0v) is 15.9. The van der Waals surface area contributed by atoms with E-state index in [0.29, 0.717) is 11.6 Å². The molecule has 0 bridgehead atoms. The van der Waals surface area contributed by atoms with E-state index in [9.17, 15) is 4.79 Å². The average molecular weight is 390 g/mol. The number of fused-ring (bicyclic) bond motifs is 1. The van der Waals surface area contributed by atoms with E-state index in [-0.39, 0.29) is 5.69 Å². The van der Waals surface area contributed by atoms with Gasteiger partial charge in [-0.3, -0.25) is 10.1 Å². The summed E-state index contributed by atoms with van der Waals surface area (Å²) < 4.78 is 5.49. The largest absolute Gasteiger partial charge is 0.381 e. The van der Waals surface area contributed by atoms with Gasteiger partial charge in [0, 0.05) is 30.5 Å². The lowest BCUT2D eigenvalue weighted by Crippen LogP contribution is -2.16. The number of pyridine rings is 1. The minimum Gasteiger partial charge on any atom is -0.381 e. The maximum Gasteiger partial charge on any atom is 0.325 e. The number of aryl methyl sites for hydroxylation is 1. The molecule has 0 radical (unpaired) electrons. The molecular weight excluding hydrogens is 368 g/mol. The van der Waals surface area contributed by atoms with Crippen molar-refractivity contribution in [1.82, 2.24) is 30.1 Å². The van der Waals surface area contributed by atoms with Crippen LogP contribution >= 0.6 is 0 Å². The van der Waals surface area contributed by atoms with E-state index in [2.05, 4.69) is 42.3 Å². The van der Waals surface area contributed by atoms with Crippen molar-refractivity contribution >= 4 is 11.2 Å². The van der Waals surface area contributed by atoms with Crippen LogP contribution in [-0.2, 0) is 11.2 Å². The summed E-state index contributed by atoms with van der Waals surface area (Å²) in [5.41, 5.74) is 5.40. The first-order valence-electron chi connectivity index (χ1n) is 9.92. The predicted octanol–water partition coefficient (Wildman–Crippen LogP) is 3.06. The van der Waals surface area contributed by atoms with Crippen molar-refractivity contribution in [2.24, 2.45) is 5.92 Å². The van der Waals surface area contributed by atoms with Crippen LogP contribution in [-0.4, -0.2) is 43.3 Å². The number of aromatic nitrogens is 6. The molecule has 4 aromatic rings. The van der Waals surface area contributed by atoms with Crippen molar-refractivity contribution in [3.05, 3.63) is 52.8 Å². The summed E-state index contributed by atoms with van der Waals surface area (Å²) in [5, 5.41) is 6.79. The van der Waals surface area contributed by atoms with Gasteiger partial charge in [-0.15, -0.1) is 0 Å². The highest BCUT2D eigenvalue weighted by Crippen LogP contribution is 2.31. The van der Waals surface area contributed by atoms with Crippen LogP contribution in [0.1, 0.15) is 24.8 Å². The Kier molecular flexibility index (Phi) is 4.69. The molecule has 8 nitrogen and oxygen atoms in total. The molecule has 1 aliphatic rings. The third-order valence-corrected chi connectivity index (χ3v) is 5.68. The van der Waals surface area contributed by atoms with Crippen LogP contribution in [0.2, 0.25) is 0 Å². The second-order valence-corrected chi connectivity index (χ2v) is 7.46. The minimum atomic E-state index is -0.224. The molecule has 5 rings (SSSR count). The number of hydrogen-bond donors (Lipinski definition) is 3. The number of H-pyrrole nitrogens is 3. The maximum atomic E-state index is 11.9. The van der Waals surface area contributed by atoms with Gasteiger partial charge in [0.2, 0.25) is 0 Å². The fourth-order valence-corrected chi connectivity index (χ4v) is 4.08. The summed E-state index contributed by atoms with van der Waals surface area (Å²) in [6.45, 7) is 1.68. The van der Waals surface area contributed by atoms with Crippen molar-refractivity contribution in [1.29, 1.82) is 0 Å². The Balaban J connectivity index is 1.51. The Bertz CT molecular complexity index is 1150. The van der Waals surface area contributed by atoms with E-state index in [1.165, 1.54) is 6.33 Å². The van der Waals surface area contributed by atoms with E-state index in [4.69, 9.17) is 4.74 Å². The Morgan fingerprint density at radius 1 is 1.03 bits per heavy atom. The van der Waals surface area contributed by atoms with Gasteiger partial charge in [-0.25, -0.2) is 14.8 Å². The summed E-state index contributed by atoms with van der Waals surface area (Å²) >= 11 is 0. The lowest BCUT2D eigenvalue weighted by molar-refractivity contribution is 0.0640. The van der Waals surface area contributed by atoms with Crippen LogP contribution in [0, 0.1) is 5.92 Å². The lowest BCUT2D eigenvalue weighted by atomic mass is 9.90. The molecule has 0 atom stereocenters. The zero-order chi connectivity index (χ0) is 19.6. The fraction of sp³-hybridized carbons (Fsp3) is 0.333. The summed E-state index contributed by atoms with van der Waals surface area (Å²) in [7, 11) is 0. The summed E-state index contributed by atoms with van der Waals surface area (Å²) in [6.07, 6.45) is 7.50. The predicted molar refractivity (Wildman–Crippen MR) is 109 cm³/mol. The topological polar surface area (TPSA) is 112 Å². The van der Waals surface area contributed by atoms with Gasteiger partial charge in [-0.05, 0) is 42.7 Å².